The second kappa shape index (κ2) is 2.73. The predicted octanol–water partition coefficient (Wildman–Crippen LogP) is 1.25. The SMILES string of the molecule is CCn1cc(C)nc1NC. The van der Waals surface area contributed by atoms with Crippen LogP contribution < -0.4 is 5.32 Å². The molecule has 0 aliphatic heterocycles. The molecule has 0 saturated heterocycles. The van der Waals surface area contributed by atoms with Gasteiger partial charge in [0, 0.05) is 19.8 Å². The summed E-state index contributed by atoms with van der Waals surface area (Å²) in [7, 11) is 1.88. The van der Waals surface area contributed by atoms with Gasteiger partial charge < -0.3 is 9.88 Å². The minimum absolute atomic E-state index is 0.944. The minimum atomic E-state index is 0.944. The first-order chi connectivity index (χ1) is 4.77. The molecule has 0 radical (unpaired) electrons. The Labute approximate surface area is 61.1 Å². The molecule has 56 valence electrons. The Hall–Kier alpha value is -0.990. The number of imidazole rings is 1. The average Bonchev–Trinajstić information content (AvgIpc) is 2.30. The maximum absolute atomic E-state index is 4.25. The second-order valence-corrected chi connectivity index (χ2v) is 2.24. The summed E-state index contributed by atoms with van der Waals surface area (Å²) in [5.74, 6) is 0.944. The van der Waals surface area contributed by atoms with Gasteiger partial charge in [0.25, 0.3) is 0 Å². The van der Waals surface area contributed by atoms with Gasteiger partial charge in [-0.2, -0.15) is 0 Å². The summed E-state index contributed by atoms with van der Waals surface area (Å²) < 4.78 is 2.08. The third kappa shape index (κ3) is 1.12. The molecule has 0 amide bonds. The monoisotopic (exact) mass is 139 g/mol. The molecule has 1 aromatic rings. The molecule has 0 saturated carbocycles. The lowest BCUT2D eigenvalue weighted by atomic mass is 10.6. The summed E-state index contributed by atoms with van der Waals surface area (Å²) in [5, 5.41) is 3.02. The maximum atomic E-state index is 4.25. The molecule has 0 fully saturated rings. The van der Waals surface area contributed by atoms with Crippen molar-refractivity contribution in [1.29, 1.82) is 0 Å². The molecule has 1 N–H and O–H groups in total. The number of nitrogens with one attached hydrogen (secondary N) is 1. The number of hydrogen-bond donors (Lipinski definition) is 1. The minimum Gasteiger partial charge on any atom is -0.359 e. The first kappa shape index (κ1) is 7.12. The highest BCUT2D eigenvalue weighted by Gasteiger charge is 1.98. The summed E-state index contributed by atoms with van der Waals surface area (Å²) in [6, 6.07) is 0. The largest absolute Gasteiger partial charge is 0.359 e. The predicted molar refractivity (Wildman–Crippen MR) is 42.2 cm³/mol. The third-order valence-corrected chi connectivity index (χ3v) is 1.46. The Morgan fingerprint density at radius 2 is 2.40 bits per heavy atom. The Kier molecular flexibility index (Phi) is 1.94. The summed E-state index contributed by atoms with van der Waals surface area (Å²) in [5.41, 5.74) is 1.06. The molecule has 0 bridgehead atoms. The molecular weight excluding hydrogens is 126 g/mol. The van der Waals surface area contributed by atoms with Gasteiger partial charge in [-0.15, -0.1) is 0 Å². The molecule has 3 heteroatoms. The fraction of sp³-hybridized carbons (Fsp3) is 0.571. The fourth-order valence-corrected chi connectivity index (χ4v) is 0.987. The van der Waals surface area contributed by atoms with Gasteiger partial charge in [0.2, 0.25) is 5.95 Å². The maximum Gasteiger partial charge on any atom is 0.202 e. The number of rotatable bonds is 2. The van der Waals surface area contributed by atoms with E-state index in [2.05, 4.69) is 21.8 Å². The highest BCUT2D eigenvalue weighted by molar-refractivity contribution is 5.27. The zero-order chi connectivity index (χ0) is 7.56. The van der Waals surface area contributed by atoms with Crippen molar-refractivity contribution in [3.05, 3.63) is 11.9 Å². The standard InChI is InChI=1S/C7H13N3/c1-4-10-5-6(2)9-7(10)8-3/h5H,4H2,1-3H3,(H,8,9). The fourth-order valence-electron chi connectivity index (χ4n) is 0.987. The van der Waals surface area contributed by atoms with E-state index in [1.807, 2.05) is 20.2 Å². The highest BCUT2D eigenvalue weighted by Crippen LogP contribution is 2.05. The van der Waals surface area contributed by atoms with Crippen LogP contribution in [0.4, 0.5) is 5.95 Å². The van der Waals surface area contributed by atoms with Gasteiger partial charge in [-0.05, 0) is 13.8 Å². The van der Waals surface area contributed by atoms with Gasteiger partial charge in [0.15, 0.2) is 0 Å². The van der Waals surface area contributed by atoms with E-state index in [1.165, 1.54) is 0 Å². The smallest absolute Gasteiger partial charge is 0.202 e. The van der Waals surface area contributed by atoms with Crippen LogP contribution in [0.15, 0.2) is 6.20 Å². The van der Waals surface area contributed by atoms with E-state index in [1.54, 1.807) is 0 Å². The zero-order valence-electron chi connectivity index (χ0n) is 6.68. The molecule has 0 spiro atoms. The highest BCUT2D eigenvalue weighted by atomic mass is 15.2. The molecule has 10 heavy (non-hydrogen) atoms. The molecular formula is C7H13N3. The van der Waals surface area contributed by atoms with Gasteiger partial charge in [-0.25, -0.2) is 4.98 Å². The van der Waals surface area contributed by atoms with E-state index in [4.69, 9.17) is 0 Å². The van der Waals surface area contributed by atoms with Crippen molar-refractivity contribution >= 4 is 5.95 Å². The average molecular weight is 139 g/mol. The van der Waals surface area contributed by atoms with E-state index < -0.39 is 0 Å². The van der Waals surface area contributed by atoms with Gasteiger partial charge in [-0.1, -0.05) is 0 Å². The van der Waals surface area contributed by atoms with E-state index in [-0.39, 0.29) is 0 Å². The summed E-state index contributed by atoms with van der Waals surface area (Å²) in [4.78, 5) is 4.25. The van der Waals surface area contributed by atoms with Crippen molar-refractivity contribution < 1.29 is 0 Å². The molecule has 1 aromatic heterocycles. The number of aryl methyl sites for hydroxylation is 2. The molecule has 1 heterocycles. The Morgan fingerprint density at radius 3 is 2.80 bits per heavy atom. The van der Waals surface area contributed by atoms with Crippen LogP contribution in [0.2, 0.25) is 0 Å². The van der Waals surface area contributed by atoms with Crippen LogP contribution in [0.1, 0.15) is 12.6 Å². The van der Waals surface area contributed by atoms with Crippen LogP contribution in [0.5, 0.6) is 0 Å². The second-order valence-electron chi connectivity index (χ2n) is 2.24. The first-order valence-electron chi connectivity index (χ1n) is 3.49. The number of anilines is 1. The lowest BCUT2D eigenvalue weighted by molar-refractivity contribution is 0.769. The Balaban J connectivity index is 2.96. The quantitative estimate of drug-likeness (QED) is 0.668. The molecule has 3 nitrogen and oxygen atoms in total. The van der Waals surface area contributed by atoms with Crippen molar-refractivity contribution in [3.8, 4) is 0 Å². The summed E-state index contributed by atoms with van der Waals surface area (Å²) in [6.07, 6.45) is 2.03. The zero-order valence-corrected chi connectivity index (χ0v) is 6.68. The van der Waals surface area contributed by atoms with E-state index in [0.29, 0.717) is 0 Å². The van der Waals surface area contributed by atoms with Gasteiger partial charge in [-0.3, -0.25) is 0 Å². The van der Waals surface area contributed by atoms with E-state index >= 15 is 0 Å². The number of hydrogen-bond acceptors (Lipinski definition) is 2. The summed E-state index contributed by atoms with van der Waals surface area (Å²) >= 11 is 0. The molecule has 1 rings (SSSR count). The topological polar surface area (TPSA) is 29.9 Å². The van der Waals surface area contributed by atoms with Crippen LogP contribution in [0.3, 0.4) is 0 Å². The van der Waals surface area contributed by atoms with Crippen molar-refractivity contribution in [2.75, 3.05) is 12.4 Å². The molecule has 0 aliphatic carbocycles. The van der Waals surface area contributed by atoms with Gasteiger partial charge >= 0.3 is 0 Å². The Bertz CT molecular complexity index is 193. The van der Waals surface area contributed by atoms with Crippen molar-refractivity contribution in [2.24, 2.45) is 0 Å². The lowest BCUT2D eigenvalue weighted by Crippen LogP contribution is -2.00. The van der Waals surface area contributed by atoms with E-state index in [9.17, 15) is 0 Å². The molecule has 0 aromatic carbocycles. The van der Waals surface area contributed by atoms with Crippen LogP contribution in [0, 0.1) is 6.92 Å². The first-order valence-corrected chi connectivity index (χ1v) is 3.49. The third-order valence-electron chi connectivity index (χ3n) is 1.46. The number of nitrogens with zero attached hydrogens (tertiary/aromatic N) is 2. The van der Waals surface area contributed by atoms with Crippen molar-refractivity contribution in [2.45, 2.75) is 20.4 Å². The van der Waals surface area contributed by atoms with Crippen LogP contribution in [0.25, 0.3) is 0 Å². The van der Waals surface area contributed by atoms with Gasteiger partial charge in [0.05, 0.1) is 5.69 Å². The lowest BCUT2D eigenvalue weighted by Gasteiger charge is -2.00. The van der Waals surface area contributed by atoms with Crippen molar-refractivity contribution in [3.63, 3.8) is 0 Å². The molecule has 0 atom stereocenters. The molecule has 0 aliphatic rings. The van der Waals surface area contributed by atoms with Crippen LogP contribution in [-0.2, 0) is 6.54 Å². The van der Waals surface area contributed by atoms with Crippen LogP contribution in [-0.4, -0.2) is 16.6 Å². The van der Waals surface area contributed by atoms with Crippen molar-refractivity contribution in [1.82, 2.24) is 9.55 Å². The number of aromatic nitrogens is 2. The normalized spacial score (nSPS) is 9.90. The molecule has 0 unspecified atom stereocenters. The van der Waals surface area contributed by atoms with Crippen LogP contribution >= 0.6 is 0 Å². The van der Waals surface area contributed by atoms with Gasteiger partial charge in [0.1, 0.15) is 0 Å². The Morgan fingerprint density at radius 1 is 1.70 bits per heavy atom. The summed E-state index contributed by atoms with van der Waals surface area (Å²) in [6.45, 7) is 5.06. The van der Waals surface area contributed by atoms with E-state index in [0.717, 1.165) is 18.2 Å².